The first-order chi connectivity index (χ1) is 6.69. The summed E-state index contributed by atoms with van der Waals surface area (Å²) < 4.78 is 31.0. The van der Waals surface area contributed by atoms with Gasteiger partial charge in [-0.05, 0) is 12.5 Å². The van der Waals surface area contributed by atoms with Crippen LogP contribution >= 0.6 is 0 Å². The molecular weight excluding hydrogens is 190 g/mol. The summed E-state index contributed by atoms with van der Waals surface area (Å²) in [6, 6.07) is 1.71. The summed E-state index contributed by atoms with van der Waals surface area (Å²) in [7, 11) is 0. The normalized spacial score (nSPS) is 9.93. The Balaban J connectivity index is 2.96. The monoisotopic (exact) mass is 200 g/mol. The molecule has 1 aromatic rings. The first-order valence-electron chi connectivity index (χ1n) is 4.26. The van der Waals surface area contributed by atoms with E-state index in [1.807, 2.05) is 6.92 Å². The van der Waals surface area contributed by atoms with Crippen LogP contribution in [-0.4, -0.2) is 12.9 Å². The molecule has 0 radical (unpaired) electrons. The fourth-order valence-electron chi connectivity index (χ4n) is 0.957. The smallest absolute Gasteiger partial charge is 0.165 e. The van der Waals surface area contributed by atoms with E-state index in [4.69, 9.17) is 4.74 Å². The number of hydrogen-bond acceptors (Lipinski definition) is 2. The summed E-state index contributed by atoms with van der Waals surface area (Å²) in [5.74, 6) is -1.65. The molecule has 0 aliphatic carbocycles. The summed E-state index contributed by atoms with van der Waals surface area (Å²) in [6.45, 7) is 2.17. The second-order valence-corrected chi connectivity index (χ2v) is 2.77. The van der Waals surface area contributed by atoms with Crippen LogP contribution in [0.15, 0.2) is 12.1 Å². The number of carbonyl (C=O) groups is 1. The number of aldehydes is 1. The molecule has 0 aliphatic heterocycles. The van der Waals surface area contributed by atoms with Gasteiger partial charge in [0, 0.05) is 6.07 Å². The van der Waals surface area contributed by atoms with Crippen LogP contribution in [0.1, 0.15) is 23.7 Å². The van der Waals surface area contributed by atoms with Crippen LogP contribution in [0.25, 0.3) is 0 Å². The number of rotatable bonds is 4. The summed E-state index contributed by atoms with van der Waals surface area (Å²) in [4.78, 5) is 10.3. The van der Waals surface area contributed by atoms with Crippen LogP contribution in [0.5, 0.6) is 5.75 Å². The molecule has 0 spiro atoms. The van der Waals surface area contributed by atoms with Crippen LogP contribution < -0.4 is 4.74 Å². The fraction of sp³-hybridized carbons (Fsp3) is 0.300. The van der Waals surface area contributed by atoms with Gasteiger partial charge in [-0.2, -0.15) is 0 Å². The predicted octanol–water partition coefficient (Wildman–Crippen LogP) is 2.57. The molecule has 0 saturated carbocycles. The van der Waals surface area contributed by atoms with Gasteiger partial charge in [0.25, 0.3) is 0 Å². The highest BCUT2D eigenvalue weighted by Crippen LogP contribution is 2.20. The molecule has 0 amide bonds. The van der Waals surface area contributed by atoms with Gasteiger partial charge in [0.2, 0.25) is 0 Å². The van der Waals surface area contributed by atoms with Gasteiger partial charge in [0.15, 0.2) is 17.9 Å². The van der Waals surface area contributed by atoms with Crippen molar-refractivity contribution in [1.82, 2.24) is 0 Å². The molecule has 0 N–H and O–H groups in total. The summed E-state index contributed by atoms with van der Waals surface area (Å²) >= 11 is 0. The van der Waals surface area contributed by atoms with Crippen LogP contribution in [0.2, 0.25) is 0 Å². The molecule has 14 heavy (non-hydrogen) atoms. The number of halogens is 2. The molecule has 0 saturated heterocycles. The molecule has 76 valence electrons. The summed E-state index contributed by atoms with van der Waals surface area (Å²) in [5.41, 5.74) is -0.300. The van der Waals surface area contributed by atoms with Gasteiger partial charge in [-0.15, -0.1) is 0 Å². The van der Waals surface area contributed by atoms with Gasteiger partial charge in [-0.25, -0.2) is 8.78 Å². The molecule has 4 heteroatoms. The van der Waals surface area contributed by atoms with Crippen molar-refractivity contribution >= 4 is 6.29 Å². The molecule has 0 heterocycles. The lowest BCUT2D eigenvalue weighted by Gasteiger charge is -2.06. The zero-order valence-corrected chi connectivity index (χ0v) is 7.72. The third kappa shape index (κ3) is 2.28. The van der Waals surface area contributed by atoms with Gasteiger partial charge in [0.1, 0.15) is 5.82 Å². The van der Waals surface area contributed by atoms with Gasteiger partial charge in [0.05, 0.1) is 12.2 Å². The lowest BCUT2D eigenvalue weighted by atomic mass is 10.2. The first kappa shape index (κ1) is 10.6. The van der Waals surface area contributed by atoms with E-state index in [0.717, 1.165) is 12.1 Å². The first-order valence-corrected chi connectivity index (χ1v) is 4.26. The maximum atomic E-state index is 13.1. The van der Waals surface area contributed by atoms with Crippen molar-refractivity contribution in [2.24, 2.45) is 0 Å². The Kier molecular flexibility index (Phi) is 3.56. The number of benzene rings is 1. The van der Waals surface area contributed by atoms with Crippen LogP contribution in [-0.2, 0) is 0 Å². The van der Waals surface area contributed by atoms with E-state index in [9.17, 15) is 13.6 Å². The molecule has 1 aromatic carbocycles. The Morgan fingerprint density at radius 2 is 2.07 bits per heavy atom. The molecule has 0 aliphatic rings. The number of ether oxygens (including phenoxy) is 1. The average molecular weight is 200 g/mol. The quantitative estimate of drug-likeness (QED) is 0.698. The highest BCUT2D eigenvalue weighted by molar-refractivity contribution is 5.75. The van der Waals surface area contributed by atoms with Gasteiger partial charge in [-0.1, -0.05) is 6.92 Å². The van der Waals surface area contributed by atoms with E-state index in [-0.39, 0.29) is 17.6 Å². The molecule has 0 aromatic heterocycles. The Hall–Kier alpha value is -1.45. The van der Waals surface area contributed by atoms with E-state index in [1.165, 1.54) is 0 Å². The Morgan fingerprint density at radius 1 is 1.36 bits per heavy atom. The maximum absolute atomic E-state index is 13.1. The van der Waals surface area contributed by atoms with Gasteiger partial charge < -0.3 is 4.74 Å². The second kappa shape index (κ2) is 4.69. The van der Waals surface area contributed by atoms with Crippen molar-refractivity contribution in [2.45, 2.75) is 13.3 Å². The molecular formula is C10H10F2O2. The minimum absolute atomic E-state index is 0.157. The van der Waals surface area contributed by atoms with E-state index in [1.54, 1.807) is 0 Å². The van der Waals surface area contributed by atoms with Crippen molar-refractivity contribution in [2.75, 3.05) is 6.61 Å². The van der Waals surface area contributed by atoms with E-state index < -0.39 is 11.6 Å². The summed E-state index contributed by atoms with van der Waals surface area (Å²) in [5, 5.41) is 0. The fourth-order valence-corrected chi connectivity index (χ4v) is 0.957. The Morgan fingerprint density at radius 3 is 2.64 bits per heavy atom. The minimum Gasteiger partial charge on any atom is -0.490 e. The maximum Gasteiger partial charge on any atom is 0.165 e. The van der Waals surface area contributed by atoms with Crippen molar-refractivity contribution < 1.29 is 18.3 Å². The second-order valence-electron chi connectivity index (χ2n) is 2.77. The molecule has 0 bridgehead atoms. The highest BCUT2D eigenvalue weighted by Gasteiger charge is 2.09. The minimum atomic E-state index is -0.771. The van der Waals surface area contributed by atoms with Crippen LogP contribution in [0.4, 0.5) is 8.78 Å². The van der Waals surface area contributed by atoms with E-state index in [0.29, 0.717) is 13.0 Å². The van der Waals surface area contributed by atoms with Crippen molar-refractivity contribution in [3.05, 3.63) is 29.3 Å². The third-order valence-electron chi connectivity index (χ3n) is 1.64. The average Bonchev–Trinajstić information content (AvgIpc) is 2.18. The van der Waals surface area contributed by atoms with E-state index in [2.05, 4.69) is 0 Å². The molecule has 0 atom stereocenters. The number of carbonyl (C=O) groups excluding carboxylic acids is 1. The topological polar surface area (TPSA) is 26.3 Å². The lowest BCUT2D eigenvalue weighted by molar-refractivity contribution is 0.111. The zero-order chi connectivity index (χ0) is 10.6. The molecule has 1 rings (SSSR count). The predicted molar refractivity (Wildman–Crippen MR) is 47.5 cm³/mol. The largest absolute Gasteiger partial charge is 0.490 e. The standard InChI is InChI=1S/C10H10F2O2/c1-2-3-14-10-5-8(11)7(6-13)4-9(10)12/h4-6H,2-3H2,1H3. The highest BCUT2D eigenvalue weighted by atomic mass is 19.1. The molecule has 0 unspecified atom stereocenters. The van der Waals surface area contributed by atoms with Gasteiger partial charge in [-0.3, -0.25) is 4.79 Å². The van der Waals surface area contributed by atoms with Crippen LogP contribution in [0, 0.1) is 11.6 Å². The van der Waals surface area contributed by atoms with E-state index >= 15 is 0 Å². The lowest BCUT2D eigenvalue weighted by Crippen LogP contribution is -2.00. The SMILES string of the molecule is CCCOc1cc(F)c(C=O)cc1F. The zero-order valence-electron chi connectivity index (χ0n) is 7.72. The Bertz CT molecular complexity index is 337. The van der Waals surface area contributed by atoms with Crippen molar-refractivity contribution in [3.63, 3.8) is 0 Å². The molecule has 2 nitrogen and oxygen atoms in total. The van der Waals surface area contributed by atoms with Crippen molar-refractivity contribution in [3.8, 4) is 5.75 Å². The Labute approximate surface area is 80.5 Å². The van der Waals surface area contributed by atoms with Gasteiger partial charge >= 0.3 is 0 Å². The molecule has 0 fully saturated rings. The number of hydrogen-bond donors (Lipinski definition) is 0. The summed E-state index contributed by atoms with van der Waals surface area (Å²) in [6.07, 6.45) is 0.971. The third-order valence-corrected chi connectivity index (χ3v) is 1.64. The van der Waals surface area contributed by atoms with Crippen LogP contribution in [0.3, 0.4) is 0 Å². The van der Waals surface area contributed by atoms with Crippen molar-refractivity contribution in [1.29, 1.82) is 0 Å².